The van der Waals surface area contributed by atoms with Gasteiger partial charge in [0.15, 0.2) is 0 Å². The Kier molecular flexibility index (Phi) is 5.62. The predicted molar refractivity (Wildman–Crippen MR) is 120 cm³/mol. The van der Waals surface area contributed by atoms with E-state index in [9.17, 15) is 20.2 Å². The van der Waals surface area contributed by atoms with Gasteiger partial charge in [0.1, 0.15) is 5.69 Å². The summed E-state index contributed by atoms with van der Waals surface area (Å²) in [6.45, 7) is 0. The fourth-order valence-corrected chi connectivity index (χ4v) is 3.41. The monoisotopic (exact) mass is 431 g/mol. The van der Waals surface area contributed by atoms with Crippen LogP contribution in [-0.2, 0) is 0 Å². The predicted octanol–water partition coefficient (Wildman–Crippen LogP) is 5.05. The van der Waals surface area contributed by atoms with Gasteiger partial charge in [0.05, 0.1) is 27.2 Å². The van der Waals surface area contributed by atoms with Gasteiger partial charge in [-0.3, -0.25) is 30.9 Å². The van der Waals surface area contributed by atoms with Gasteiger partial charge in [-0.1, -0.05) is 54.6 Å². The fourth-order valence-electron chi connectivity index (χ4n) is 3.41. The molecule has 5 rings (SSSR count). The third-order valence-corrected chi connectivity index (χ3v) is 4.90. The summed E-state index contributed by atoms with van der Waals surface area (Å²) >= 11 is 0. The summed E-state index contributed by atoms with van der Waals surface area (Å²) in [5.41, 5.74) is 7.40. The summed E-state index contributed by atoms with van der Waals surface area (Å²) in [5.74, 6) is 0. The molecule has 0 saturated heterocycles. The molecule has 0 saturated carbocycles. The zero-order valence-electron chi connectivity index (χ0n) is 16.5. The summed E-state index contributed by atoms with van der Waals surface area (Å²) < 4.78 is 0. The van der Waals surface area contributed by atoms with Crippen molar-refractivity contribution in [3.63, 3.8) is 0 Å². The van der Waals surface area contributed by atoms with Gasteiger partial charge in [0.25, 0.3) is 11.4 Å². The van der Waals surface area contributed by atoms with Crippen LogP contribution in [-0.4, -0.2) is 15.1 Å². The second-order valence-electron chi connectivity index (χ2n) is 6.81. The average Bonchev–Trinajstić information content (AvgIpc) is 3.19. The number of anilines is 2. The van der Waals surface area contributed by atoms with Crippen molar-refractivity contribution in [1.29, 1.82) is 0 Å². The number of rotatable bonds is 3. The number of hydrazine groups is 2. The molecule has 10 heteroatoms. The van der Waals surface area contributed by atoms with Gasteiger partial charge in [0.2, 0.25) is 0 Å². The molecule has 1 aliphatic heterocycles. The largest absolute Gasteiger partial charge is 0.300 e. The number of hydrogen-bond acceptors (Lipinski definition) is 8. The minimum atomic E-state index is -0.639. The number of nitrogens with one attached hydrogen (secondary N) is 2. The van der Waals surface area contributed by atoms with E-state index in [1.54, 1.807) is 6.07 Å². The second-order valence-corrected chi connectivity index (χ2v) is 6.81. The van der Waals surface area contributed by atoms with Crippen molar-refractivity contribution in [3.8, 4) is 11.1 Å². The van der Waals surface area contributed by atoms with E-state index in [4.69, 9.17) is 5.21 Å². The van der Waals surface area contributed by atoms with E-state index in [1.807, 2.05) is 60.7 Å². The molecule has 0 fully saturated rings. The van der Waals surface area contributed by atoms with Crippen molar-refractivity contribution in [2.24, 2.45) is 0 Å². The molecule has 0 spiro atoms. The fraction of sp³-hybridized carbons (Fsp3) is 0. The lowest BCUT2D eigenvalue weighted by Gasteiger charge is -2.07. The van der Waals surface area contributed by atoms with E-state index in [2.05, 4.69) is 11.0 Å². The van der Waals surface area contributed by atoms with Crippen LogP contribution in [0.3, 0.4) is 0 Å². The molecular weight excluding hydrogens is 414 g/mol. The van der Waals surface area contributed by atoms with Gasteiger partial charge >= 0.3 is 0 Å². The molecule has 4 aromatic carbocycles. The van der Waals surface area contributed by atoms with Crippen molar-refractivity contribution in [2.75, 3.05) is 10.6 Å². The Hall–Kier alpha value is -4.54. The first-order valence-electron chi connectivity index (χ1n) is 9.46. The third-order valence-electron chi connectivity index (χ3n) is 4.90. The summed E-state index contributed by atoms with van der Waals surface area (Å²) in [5, 5.41) is 33.9. The maximum absolute atomic E-state index is 11.3. The summed E-state index contributed by atoms with van der Waals surface area (Å²) in [7, 11) is 0. The number of nitro groups is 2. The van der Waals surface area contributed by atoms with E-state index >= 15 is 0 Å². The SMILES string of the molecule is O=[N+]([O-])c1ccc(-c2cccc3ccccc23)c([N+](=O)[O-])c1.ON1NNc2ccccc21. The standard InChI is InChI=1S/C16H10N2O4.C6H7N3O/c19-17(20)12-8-9-15(16(10-12)18(21)22)14-7-3-5-11-4-1-2-6-13(11)14;10-9-6-4-2-1-3-5(6)7-8-9/h1-10H;1-4,7-8,10H. The van der Waals surface area contributed by atoms with E-state index < -0.39 is 9.85 Å². The van der Waals surface area contributed by atoms with Crippen LogP contribution >= 0.6 is 0 Å². The molecule has 32 heavy (non-hydrogen) atoms. The van der Waals surface area contributed by atoms with E-state index in [1.165, 1.54) is 12.1 Å². The first-order valence-corrected chi connectivity index (χ1v) is 9.46. The minimum Gasteiger partial charge on any atom is -0.300 e. The van der Waals surface area contributed by atoms with Crippen LogP contribution in [0, 0.1) is 20.2 Å². The molecule has 1 heterocycles. The Labute approximate surface area is 181 Å². The molecule has 1 aliphatic rings. The van der Waals surface area contributed by atoms with Crippen LogP contribution in [0.1, 0.15) is 0 Å². The molecule has 0 atom stereocenters. The number of nitrogens with zero attached hydrogens (tertiary/aromatic N) is 3. The van der Waals surface area contributed by atoms with E-state index in [0.717, 1.165) is 33.4 Å². The Bertz CT molecular complexity index is 1320. The van der Waals surface area contributed by atoms with E-state index in [0.29, 0.717) is 11.1 Å². The van der Waals surface area contributed by atoms with Crippen LogP contribution < -0.4 is 16.1 Å². The van der Waals surface area contributed by atoms with Crippen molar-refractivity contribution >= 4 is 33.5 Å². The normalized spacial score (nSPS) is 11.8. The first-order chi connectivity index (χ1) is 15.5. The lowest BCUT2D eigenvalue weighted by atomic mass is 9.97. The number of hydrogen-bond donors (Lipinski definition) is 3. The van der Waals surface area contributed by atoms with Gasteiger partial charge in [-0.25, -0.2) is 0 Å². The lowest BCUT2D eigenvalue weighted by Crippen LogP contribution is -2.32. The quantitative estimate of drug-likeness (QED) is 0.303. The smallest absolute Gasteiger partial charge is 0.284 e. The number of non-ortho nitro benzene ring substituents is 1. The van der Waals surface area contributed by atoms with Gasteiger partial charge in [0, 0.05) is 6.07 Å². The highest BCUT2D eigenvalue weighted by atomic mass is 16.6. The number of para-hydroxylation sites is 2. The highest BCUT2D eigenvalue weighted by Gasteiger charge is 2.21. The highest BCUT2D eigenvalue weighted by molar-refractivity contribution is 5.98. The minimum absolute atomic E-state index is 0.273. The summed E-state index contributed by atoms with van der Waals surface area (Å²) in [6.07, 6.45) is 0. The molecule has 160 valence electrons. The molecule has 3 N–H and O–H groups in total. The van der Waals surface area contributed by atoms with Crippen molar-refractivity contribution in [3.05, 3.63) is 105 Å². The maximum atomic E-state index is 11.3. The first kappa shape index (κ1) is 20.7. The summed E-state index contributed by atoms with van der Waals surface area (Å²) in [4.78, 5) is 20.9. The molecule has 0 aromatic heterocycles. The molecule has 0 radical (unpaired) electrons. The number of fused-ring (bicyclic) bond motifs is 2. The molecule has 10 nitrogen and oxygen atoms in total. The lowest BCUT2D eigenvalue weighted by molar-refractivity contribution is -0.393. The number of nitro benzene ring substituents is 2. The van der Waals surface area contributed by atoms with Crippen molar-refractivity contribution in [1.82, 2.24) is 5.53 Å². The molecule has 0 amide bonds. The van der Waals surface area contributed by atoms with Gasteiger partial charge < -0.3 is 0 Å². The third kappa shape index (κ3) is 4.03. The Balaban J connectivity index is 0.000000203. The second kappa shape index (κ2) is 8.68. The molecular formula is C22H17N5O5. The van der Waals surface area contributed by atoms with Gasteiger partial charge in [-0.05, 0) is 34.5 Å². The van der Waals surface area contributed by atoms with Gasteiger partial charge in [-0.15, -0.1) is 5.53 Å². The Morgan fingerprint density at radius 1 is 0.781 bits per heavy atom. The Morgan fingerprint density at radius 3 is 2.25 bits per heavy atom. The average molecular weight is 431 g/mol. The van der Waals surface area contributed by atoms with Crippen LogP contribution in [0.25, 0.3) is 21.9 Å². The molecule has 0 unspecified atom stereocenters. The van der Waals surface area contributed by atoms with Crippen LogP contribution in [0.15, 0.2) is 84.9 Å². The zero-order valence-corrected chi connectivity index (χ0v) is 16.5. The Morgan fingerprint density at radius 2 is 1.50 bits per heavy atom. The highest BCUT2D eigenvalue weighted by Crippen LogP contribution is 2.36. The van der Waals surface area contributed by atoms with Crippen LogP contribution in [0.5, 0.6) is 0 Å². The van der Waals surface area contributed by atoms with Crippen LogP contribution in [0.4, 0.5) is 22.7 Å². The molecule has 0 bridgehead atoms. The molecule has 0 aliphatic carbocycles. The van der Waals surface area contributed by atoms with E-state index in [-0.39, 0.29) is 11.4 Å². The topological polar surface area (TPSA) is 134 Å². The zero-order chi connectivity index (χ0) is 22.7. The maximum Gasteiger partial charge on any atom is 0.284 e. The van der Waals surface area contributed by atoms with Gasteiger partial charge in [-0.2, -0.15) is 5.17 Å². The number of benzene rings is 4. The van der Waals surface area contributed by atoms with Crippen LogP contribution in [0.2, 0.25) is 0 Å². The molecule has 4 aromatic rings. The van der Waals surface area contributed by atoms with Crippen molar-refractivity contribution in [2.45, 2.75) is 0 Å². The summed E-state index contributed by atoms with van der Waals surface area (Å²) in [6, 6.07) is 24.2. The van der Waals surface area contributed by atoms with Crippen molar-refractivity contribution < 1.29 is 15.1 Å².